The number of ether oxygens (including phenoxy) is 1. The van der Waals surface area contributed by atoms with E-state index in [1.807, 2.05) is 6.92 Å². The summed E-state index contributed by atoms with van der Waals surface area (Å²) in [6.45, 7) is 1.86. The second-order valence-corrected chi connectivity index (χ2v) is 10.8. The molecule has 2 fully saturated rings. The second-order valence-electron chi connectivity index (χ2n) is 8.10. The van der Waals surface area contributed by atoms with E-state index in [1.54, 1.807) is 0 Å². The van der Waals surface area contributed by atoms with Gasteiger partial charge in [0.15, 0.2) is 15.1 Å². The van der Waals surface area contributed by atoms with Crippen LogP contribution < -0.4 is 10.6 Å². The number of nitrogens with zero attached hydrogens (tertiary/aromatic N) is 2. The highest BCUT2D eigenvalue weighted by molar-refractivity contribution is 7.91. The van der Waals surface area contributed by atoms with Gasteiger partial charge in [0, 0.05) is 29.9 Å². The van der Waals surface area contributed by atoms with E-state index in [0.717, 1.165) is 32.6 Å². The van der Waals surface area contributed by atoms with Gasteiger partial charge in [-0.15, -0.1) is 11.6 Å². The average molecular weight is 459 g/mol. The Hall–Kier alpha value is -1.94. The van der Waals surface area contributed by atoms with Crippen LogP contribution in [0, 0.1) is 11.8 Å². The molecule has 11 heteroatoms. The fourth-order valence-corrected chi connectivity index (χ4v) is 5.70. The lowest BCUT2D eigenvalue weighted by Gasteiger charge is -2.42. The molecule has 2 N–H and O–H groups in total. The molecule has 1 aliphatic carbocycles. The van der Waals surface area contributed by atoms with Crippen LogP contribution in [0.3, 0.4) is 0 Å². The largest absolute Gasteiger partial charge is 0.468 e. The van der Waals surface area contributed by atoms with Gasteiger partial charge < -0.3 is 15.4 Å². The van der Waals surface area contributed by atoms with Crippen LogP contribution in [0.15, 0.2) is 12.3 Å². The minimum absolute atomic E-state index is 0.0134. The molecule has 166 valence electrons. The maximum Gasteiger partial charge on any atom is 0.330 e. The molecule has 1 aliphatic heterocycles. The lowest BCUT2D eigenvalue weighted by molar-refractivity contribution is -0.140. The highest BCUT2D eigenvalue weighted by Gasteiger charge is 2.41. The van der Waals surface area contributed by atoms with E-state index < -0.39 is 21.1 Å². The van der Waals surface area contributed by atoms with Gasteiger partial charge in [-0.25, -0.2) is 18.4 Å². The summed E-state index contributed by atoms with van der Waals surface area (Å²) in [5, 5.41) is 4.79. The summed E-state index contributed by atoms with van der Waals surface area (Å²) in [5.74, 6) is -0.766. The van der Waals surface area contributed by atoms with Crippen LogP contribution in [0.25, 0.3) is 0 Å². The number of carbonyl (C=O) groups excluding carboxylic acids is 2. The van der Waals surface area contributed by atoms with E-state index in [-0.39, 0.29) is 40.9 Å². The minimum atomic E-state index is -3.79. The first kappa shape index (κ1) is 22.7. The van der Waals surface area contributed by atoms with Crippen LogP contribution in [0.1, 0.15) is 43.6 Å². The quantitative estimate of drug-likeness (QED) is 0.484. The number of amides is 1. The Morgan fingerprint density at radius 2 is 2.10 bits per heavy atom. The molecule has 1 aromatic heterocycles. The number of sulfone groups is 1. The van der Waals surface area contributed by atoms with Crippen molar-refractivity contribution in [2.75, 3.05) is 18.7 Å². The molecule has 3 rings (SSSR count). The van der Waals surface area contributed by atoms with Crippen molar-refractivity contribution in [3.05, 3.63) is 18.0 Å². The monoisotopic (exact) mass is 458 g/mol. The number of esters is 1. The fourth-order valence-electron chi connectivity index (χ4n) is 4.33. The van der Waals surface area contributed by atoms with Crippen molar-refractivity contribution in [3.8, 4) is 0 Å². The first-order chi connectivity index (χ1) is 14.1. The van der Waals surface area contributed by atoms with Gasteiger partial charge in [-0.3, -0.25) is 9.59 Å². The molecule has 30 heavy (non-hydrogen) atoms. The molecular formula is C19H27ClN4O5S. The zero-order valence-corrected chi connectivity index (χ0v) is 18.7. The summed E-state index contributed by atoms with van der Waals surface area (Å²) < 4.78 is 28.8. The molecule has 0 aromatic carbocycles. The summed E-state index contributed by atoms with van der Waals surface area (Å²) >= 11 is 6.32. The maximum atomic E-state index is 12.6. The number of piperidine rings is 1. The van der Waals surface area contributed by atoms with Gasteiger partial charge in [-0.1, -0.05) is 0 Å². The predicted octanol–water partition coefficient (Wildman–Crippen LogP) is 1.45. The zero-order chi connectivity index (χ0) is 22.1. The van der Waals surface area contributed by atoms with Gasteiger partial charge in [0.05, 0.1) is 18.7 Å². The van der Waals surface area contributed by atoms with E-state index in [2.05, 4.69) is 25.3 Å². The lowest BCUT2D eigenvalue weighted by Crippen LogP contribution is -2.55. The third-order valence-corrected chi connectivity index (χ3v) is 7.58. The summed E-state index contributed by atoms with van der Waals surface area (Å²) in [4.78, 5) is 33.0. The first-order valence-electron chi connectivity index (χ1n) is 9.90. The van der Waals surface area contributed by atoms with E-state index in [0.29, 0.717) is 12.3 Å². The van der Waals surface area contributed by atoms with Crippen LogP contribution in [0.2, 0.25) is 0 Å². The molecule has 1 saturated carbocycles. The third-order valence-electron chi connectivity index (χ3n) is 5.89. The van der Waals surface area contributed by atoms with Gasteiger partial charge in [-0.2, -0.15) is 0 Å². The molecule has 2 heterocycles. The average Bonchev–Trinajstić information content (AvgIpc) is 2.67. The van der Waals surface area contributed by atoms with Crippen LogP contribution in [-0.4, -0.2) is 61.1 Å². The van der Waals surface area contributed by atoms with Crippen LogP contribution in [0.5, 0.6) is 0 Å². The Balaban J connectivity index is 1.75. The molecule has 5 unspecified atom stereocenters. The number of halogens is 1. The Bertz CT molecular complexity index is 912. The molecule has 0 bridgehead atoms. The molecular weight excluding hydrogens is 432 g/mol. The van der Waals surface area contributed by atoms with Gasteiger partial charge in [0.2, 0.25) is 11.9 Å². The Morgan fingerprint density at radius 1 is 1.37 bits per heavy atom. The number of fused-ring (bicyclic) bond motifs is 1. The number of hydrogen-bond donors (Lipinski definition) is 2. The summed E-state index contributed by atoms with van der Waals surface area (Å²) in [7, 11) is -2.67. The van der Waals surface area contributed by atoms with E-state index in [4.69, 9.17) is 11.6 Å². The molecule has 0 spiro atoms. The van der Waals surface area contributed by atoms with Gasteiger partial charge in [0.1, 0.15) is 0 Å². The van der Waals surface area contributed by atoms with Crippen molar-refractivity contribution in [2.24, 2.45) is 11.8 Å². The van der Waals surface area contributed by atoms with Crippen molar-refractivity contribution < 1.29 is 22.7 Å². The van der Waals surface area contributed by atoms with Crippen molar-refractivity contribution in [2.45, 2.75) is 55.3 Å². The van der Waals surface area contributed by atoms with Crippen molar-refractivity contribution in [1.29, 1.82) is 0 Å². The number of hydrogen-bond acceptors (Lipinski definition) is 8. The topological polar surface area (TPSA) is 127 Å². The van der Waals surface area contributed by atoms with Crippen LogP contribution >= 0.6 is 11.6 Å². The second kappa shape index (κ2) is 9.05. The molecule has 1 amide bonds. The smallest absolute Gasteiger partial charge is 0.330 e. The summed E-state index contributed by atoms with van der Waals surface area (Å²) in [5.41, 5.74) is 0.0134. The van der Waals surface area contributed by atoms with Crippen molar-refractivity contribution >= 4 is 39.3 Å². The lowest BCUT2D eigenvalue weighted by atomic mass is 9.74. The molecule has 1 aromatic rings. The summed E-state index contributed by atoms with van der Waals surface area (Å²) in [6.07, 6.45) is 5.70. The Kier molecular flexibility index (Phi) is 6.86. The molecule has 2 aliphatic rings. The number of carbonyl (C=O) groups is 2. The van der Waals surface area contributed by atoms with Crippen LogP contribution in [-0.2, 0) is 24.2 Å². The molecule has 0 radical (unpaired) electrons. The minimum Gasteiger partial charge on any atom is -0.468 e. The van der Waals surface area contributed by atoms with Gasteiger partial charge in [0.25, 0.3) is 0 Å². The van der Waals surface area contributed by atoms with E-state index in [9.17, 15) is 18.0 Å². The van der Waals surface area contributed by atoms with Crippen LogP contribution in [0.4, 0.5) is 5.95 Å². The number of methoxy groups -OCH3 is 1. The predicted molar refractivity (Wildman–Crippen MR) is 112 cm³/mol. The fraction of sp³-hybridized carbons (Fsp3) is 0.684. The normalized spacial score (nSPS) is 28.6. The molecule has 1 saturated heterocycles. The summed E-state index contributed by atoms with van der Waals surface area (Å²) in [6, 6.07) is 1.23. The zero-order valence-electron chi connectivity index (χ0n) is 17.2. The Labute approximate surface area is 181 Å². The Morgan fingerprint density at radius 3 is 2.77 bits per heavy atom. The maximum absolute atomic E-state index is 12.6. The standard InChI is InChI=1S/C19H27ClN4O5S/c1-10(13-9-11-8-12(20)4-5-14(11)23-17(13)25)22-19-21-7-6-15(24-19)16(18(26)29-2)30(3,27)28/h6-7,10-14,16H,4-5,8-9H2,1-3H3,(H,23,25)(H,21,22,24)/t10-,11?,12?,13?,14?,16?/m0/s1. The van der Waals surface area contributed by atoms with Crippen molar-refractivity contribution in [1.82, 2.24) is 15.3 Å². The number of anilines is 1. The number of rotatable bonds is 6. The SMILES string of the molecule is COC(=O)C(c1ccnc(N[C@@H](C)C2CC3CC(Cl)CCC3NC2=O)n1)S(C)(=O)=O. The molecule has 6 atom stereocenters. The third kappa shape index (κ3) is 5.03. The van der Waals surface area contributed by atoms with Gasteiger partial charge in [-0.05, 0) is 44.6 Å². The van der Waals surface area contributed by atoms with E-state index in [1.165, 1.54) is 12.3 Å². The first-order valence-corrected chi connectivity index (χ1v) is 12.3. The van der Waals surface area contributed by atoms with Gasteiger partial charge >= 0.3 is 5.97 Å². The highest BCUT2D eigenvalue weighted by Crippen LogP contribution is 2.36. The number of aromatic nitrogens is 2. The number of alkyl halides is 1. The van der Waals surface area contributed by atoms with Crippen molar-refractivity contribution in [3.63, 3.8) is 0 Å². The van der Waals surface area contributed by atoms with E-state index >= 15 is 0 Å². The molecule has 9 nitrogen and oxygen atoms in total. The highest BCUT2D eigenvalue weighted by atomic mass is 35.5. The number of nitrogens with one attached hydrogen (secondary N) is 2.